The van der Waals surface area contributed by atoms with E-state index in [2.05, 4.69) is 0 Å². The lowest BCUT2D eigenvalue weighted by Crippen LogP contribution is -2.56. The van der Waals surface area contributed by atoms with Gasteiger partial charge in [0.1, 0.15) is 0 Å². The molecule has 1 aliphatic heterocycles. The van der Waals surface area contributed by atoms with Gasteiger partial charge in [-0.3, -0.25) is 0 Å². The van der Waals surface area contributed by atoms with Gasteiger partial charge in [-0.15, -0.1) is 0 Å². The number of alkyl halides is 2. The van der Waals surface area contributed by atoms with Gasteiger partial charge < -0.3 is 4.90 Å². The van der Waals surface area contributed by atoms with Crippen LogP contribution in [0.3, 0.4) is 0 Å². The molecule has 0 atom stereocenters. The van der Waals surface area contributed by atoms with Crippen LogP contribution in [-0.4, -0.2) is 23.9 Å². The van der Waals surface area contributed by atoms with Gasteiger partial charge in [0.15, 0.2) is 0 Å². The summed E-state index contributed by atoms with van der Waals surface area (Å²) in [5.74, 6) is -2.13. The largest absolute Gasteiger partial charge is 0.362 e. The molecule has 13 heavy (non-hydrogen) atoms. The van der Waals surface area contributed by atoms with E-state index in [4.69, 9.17) is 0 Å². The van der Waals surface area contributed by atoms with Gasteiger partial charge in [-0.1, -0.05) is 19.4 Å². The first-order valence-corrected chi connectivity index (χ1v) is 4.63. The Morgan fingerprint density at radius 3 is 1.92 bits per heavy atom. The van der Waals surface area contributed by atoms with Crippen molar-refractivity contribution >= 4 is 0 Å². The Morgan fingerprint density at radius 1 is 1.23 bits per heavy atom. The standard InChI is InChI=1S/C10H17F2N/c1-7(2)9(8(3)4)13-5-10(11,12)6-13/h7H,5-6H2,1-4H3. The highest BCUT2D eigenvalue weighted by molar-refractivity contribution is 5.15. The third-order valence-corrected chi connectivity index (χ3v) is 2.24. The predicted molar refractivity (Wildman–Crippen MR) is 49.7 cm³/mol. The number of hydrogen-bond acceptors (Lipinski definition) is 1. The van der Waals surface area contributed by atoms with Crippen molar-refractivity contribution in [1.29, 1.82) is 0 Å². The van der Waals surface area contributed by atoms with Crippen molar-refractivity contribution in [1.82, 2.24) is 4.90 Å². The van der Waals surface area contributed by atoms with Gasteiger partial charge in [-0.05, 0) is 19.8 Å². The molecule has 3 heteroatoms. The molecule has 0 radical (unpaired) electrons. The third-order valence-electron chi connectivity index (χ3n) is 2.24. The Kier molecular flexibility index (Phi) is 2.64. The van der Waals surface area contributed by atoms with Crippen LogP contribution in [0, 0.1) is 5.92 Å². The van der Waals surface area contributed by atoms with Crippen molar-refractivity contribution in [2.24, 2.45) is 5.92 Å². The van der Waals surface area contributed by atoms with Gasteiger partial charge in [-0.25, -0.2) is 8.78 Å². The van der Waals surface area contributed by atoms with Gasteiger partial charge in [0.25, 0.3) is 5.92 Å². The lowest BCUT2D eigenvalue weighted by atomic mass is 10.00. The first-order valence-electron chi connectivity index (χ1n) is 4.63. The van der Waals surface area contributed by atoms with Crippen molar-refractivity contribution < 1.29 is 8.78 Å². The molecule has 0 spiro atoms. The second-order valence-electron chi connectivity index (χ2n) is 4.25. The zero-order valence-corrected chi connectivity index (χ0v) is 8.69. The van der Waals surface area contributed by atoms with Crippen LogP contribution >= 0.6 is 0 Å². The lowest BCUT2D eigenvalue weighted by molar-refractivity contribution is -0.119. The van der Waals surface area contributed by atoms with E-state index in [1.807, 2.05) is 27.7 Å². The molecule has 1 nitrogen and oxygen atoms in total. The Bertz CT molecular complexity index is 219. The summed E-state index contributed by atoms with van der Waals surface area (Å²) in [5, 5.41) is 0. The molecule has 0 aliphatic carbocycles. The summed E-state index contributed by atoms with van der Waals surface area (Å²) in [6, 6.07) is 0. The molecule has 1 saturated heterocycles. The molecular weight excluding hydrogens is 172 g/mol. The normalized spacial score (nSPS) is 20.1. The minimum atomic E-state index is -2.46. The average molecular weight is 189 g/mol. The zero-order chi connectivity index (χ0) is 10.2. The van der Waals surface area contributed by atoms with Crippen molar-refractivity contribution in [2.75, 3.05) is 13.1 Å². The molecule has 0 aromatic heterocycles. The predicted octanol–water partition coefficient (Wildman–Crippen LogP) is 2.89. The van der Waals surface area contributed by atoms with Gasteiger partial charge in [0, 0.05) is 5.70 Å². The second kappa shape index (κ2) is 3.28. The van der Waals surface area contributed by atoms with E-state index in [1.54, 1.807) is 4.90 Å². The summed E-state index contributed by atoms with van der Waals surface area (Å²) in [6.07, 6.45) is 0. The highest BCUT2D eigenvalue weighted by Crippen LogP contribution is 2.33. The summed E-state index contributed by atoms with van der Waals surface area (Å²) in [7, 11) is 0. The van der Waals surface area contributed by atoms with E-state index < -0.39 is 5.92 Å². The molecular formula is C10H17F2N. The van der Waals surface area contributed by atoms with E-state index >= 15 is 0 Å². The van der Waals surface area contributed by atoms with E-state index in [9.17, 15) is 8.78 Å². The van der Waals surface area contributed by atoms with Crippen molar-refractivity contribution in [3.05, 3.63) is 11.3 Å². The van der Waals surface area contributed by atoms with Crippen LogP contribution in [0.25, 0.3) is 0 Å². The van der Waals surface area contributed by atoms with Gasteiger partial charge in [-0.2, -0.15) is 0 Å². The number of nitrogens with zero attached hydrogens (tertiary/aromatic N) is 1. The van der Waals surface area contributed by atoms with Crippen LogP contribution in [0.2, 0.25) is 0 Å². The maximum absolute atomic E-state index is 12.6. The molecule has 1 rings (SSSR count). The molecule has 76 valence electrons. The molecule has 0 N–H and O–H groups in total. The van der Waals surface area contributed by atoms with Crippen LogP contribution in [0.4, 0.5) is 8.78 Å². The number of allylic oxidation sites excluding steroid dienone is 2. The summed E-state index contributed by atoms with van der Waals surface area (Å²) in [6.45, 7) is 7.83. The van der Waals surface area contributed by atoms with Crippen LogP contribution in [0.5, 0.6) is 0 Å². The van der Waals surface area contributed by atoms with Gasteiger partial charge in [0.05, 0.1) is 13.1 Å². The number of halogens is 2. The van der Waals surface area contributed by atoms with Crippen LogP contribution in [0.1, 0.15) is 27.7 Å². The monoisotopic (exact) mass is 189 g/mol. The molecule has 1 heterocycles. The summed E-state index contributed by atoms with van der Waals surface area (Å²) in [4.78, 5) is 1.78. The highest BCUT2D eigenvalue weighted by atomic mass is 19.3. The van der Waals surface area contributed by atoms with Crippen molar-refractivity contribution in [3.63, 3.8) is 0 Å². The minimum Gasteiger partial charge on any atom is -0.362 e. The van der Waals surface area contributed by atoms with Crippen LogP contribution in [0.15, 0.2) is 11.3 Å². The topological polar surface area (TPSA) is 3.24 Å². The Labute approximate surface area is 78.4 Å². The first kappa shape index (κ1) is 10.5. The fraction of sp³-hybridized carbons (Fsp3) is 0.800. The highest BCUT2D eigenvalue weighted by Gasteiger charge is 2.45. The van der Waals surface area contributed by atoms with E-state index in [-0.39, 0.29) is 13.1 Å². The zero-order valence-electron chi connectivity index (χ0n) is 8.69. The fourth-order valence-corrected chi connectivity index (χ4v) is 1.94. The minimum absolute atomic E-state index is 0.105. The van der Waals surface area contributed by atoms with Gasteiger partial charge in [0.2, 0.25) is 0 Å². The third kappa shape index (κ3) is 2.20. The average Bonchev–Trinajstić information content (AvgIpc) is 1.80. The second-order valence-corrected chi connectivity index (χ2v) is 4.25. The summed E-state index contributed by atoms with van der Waals surface area (Å²) >= 11 is 0. The first-order chi connectivity index (χ1) is 5.83. The molecule has 1 fully saturated rings. The number of hydrogen-bond donors (Lipinski definition) is 0. The van der Waals surface area contributed by atoms with Crippen LogP contribution in [-0.2, 0) is 0 Å². The Hall–Kier alpha value is -0.600. The lowest BCUT2D eigenvalue weighted by Gasteiger charge is -2.43. The van der Waals surface area contributed by atoms with E-state index in [1.165, 1.54) is 0 Å². The van der Waals surface area contributed by atoms with E-state index in [0.717, 1.165) is 11.3 Å². The number of rotatable bonds is 2. The summed E-state index contributed by atoms with van der Waals surface area (Å²) in [5.41, 5.74) is 2.22. The van der Waals surface area contributed by atoms with Crippen molar-refractivity contribution in [3.8, 4) is 0 Å². The van der Waals surface area contributed by atoms with Gasteiger partial charge >= 0.3 is 0 Å². The maximum atomic E-state index is 12.6. The molecule has 0 unspecified atom stereocenters. The molecule has 0 bridgehead atoms. The smallest absolute Gasteiger partial charge is 0.282 e. The Morgan fingerprint density at radius 2 is 1.69 bits per heavy atom. The van der Waals surface area contributed by atoms with E-state index in [0.29, 0.717) is 5.92 Å². The molecule has 0 aromatic rings. The quantitative estimate of drug-likeness (QED) is 0.645. The Balaban J connectivity index is 2.67. The van der Waals surface area contributed by atoms with Crippen molar-refractivity contribution in [2.45, 2.75) is 33.6 Å². The SMILES string of the molecule is CC(C)=C(C(C)C)N1CC(F)(F)C1. The summed E-state index contributed by atoms with van der Waals surface area (Å²) < 4.78 is 25.2. The van der Waals surface area contributed by atoms with Crippen LogP contribution < -0.4 is 0 Å². The fourth-order valence-electron chi connectivity index (χ4n) is 1.94. The maximum Gasteiger partial charge on any atom is 0.282 e. The molecule has 1 aliphatic rings. The molecule has 0 amide bonds. The molecule has 0 aromatic carbocycles. The number of likely N-dealkylation sites (tertiary alicyclic amines) is 1. The molecule has 0 saturated carbocycles.